The van der Waals surface area contributed by atoms with Crippen LogP contribution >= 0.6 is 11.6 Å². The monoisotopic (exact) mass is 384 g/mol. The third-order valence-corrected chi connectivity index (χ3v) is 4.67. The number of benzene rings is 2. The van der Waals surface area contributed by atoms with Crippen LogP contribution < -0.4 is 15.1 Å². The van der Waals surface area contributed by atoms with Crippen LogP contribution in [0.25, 0.3) is 0 Å². The second-order valence-corrected chi connectivity index (χ2v) is 6.64. The molecule has 1 aliphatic rings. The fraction of sp³-hybridized carbons (Fsp3) is 0.211. The number of nitrogens with zero attached hydrogens (tertiary/aromatic N) is 5. The average molecular weight is 385 g/mol. The van der Waals surface area contributed by atoms with Crippen LogP contribution in [0.4, 0.5) is 27.5 Å². The van der Waals surface area contributed by atoms with Gasteiger partial charge >= 0.3 is 0 Å². The summed E-state index contributed by atoms with van der Waals surface area (Å²) in [6.45, 7) is 2.78. The number of rotatable bonds is 4. The van der Waals surface area contributed by atoms with Gasteiger partial charge in [-0.2, -0.15) is 10.1 Å². The van der Waals surface area contributed by atoms with E-state index in [4.69, 9.17) is 11.6 Å². The van der Waals surface area contributed by atoms with Crippen molar-refractivity contribution in [1.29, 1.82) is 0 Å². The second-order valence-electron chi connectivity index (χ2n) is 6.20. The van der Waals surface area contributed by atoms with Gasteiger partial charge in [0, 0.05) is 36.9 Å². The van der Waals surface area contributed by atoms with Crippen LogP contribution in [0, 0.1) is 5.82 Å². The lowest BCUT2D eigenvalue weighted by atomic mass is 10.2. The summed E-state index contributed by atoms with van der Waals surface area (Å²) in [5.41, 5.74) is 1.50. The molecule has 6 nitrogen and oxygen atoms in total. The van der Waals surface area contributed by atoms with E-state index in [0.29, 0.717) is 48.7 Å². The predicted molar refractivity (Wildman–Crippen MR) is 105 cm³/mol. The molecule has 0 spiro atoms. The molecule has 0 saturated carbocycles. The number of halogens is 2. The van der Waals surface area contributed by atoms with Gasteiger partial charge in [0.25, 0.3) is 0 Å². The van der Waals surface area contributed by atoms with Crippen molar-refractivity contribution in [2.45, 2.75) is 0 Å². The molecule has 4 rings (SSSR count). The number of nitrogens with one attached hydrogen (secondary N) is 1. The summed E-state index contributed by atoms with van der Waals surface area (Å²) in [6, 6.07) is 14.2. The molecule has 0 bridgehead atoms. The topological polar surface area (TPSA) is 57.2 Å². The molecule has 1 N–H and O–H groups in total. The Morgan fingerprint density at radius 1 is 0.926 bits per heavy atom. The molecule has 0 amide bonds. The average Bonchev–Trinajstić information content (AvgIpc) is 2.71. The van der Waals surface area contributed by atoms with Gasteiger partial charge in [-0.3, -0.25) is 0 Å². The summed E-state index contributed by atoms with van der Waals surface area (Å²) in [5.74, 6) is 0.971. The summed E-state index contributed by atoms with van der Waals surface area (Å²) in [5, 5.41) is 12.1. The fourth-order valence-corrected chi connectivity index (χ4v) is 3.15. The van der Waals surface area contributed by atoms with Crippen LogP contribution in [0.2, 0.25) is 5.02 Å². The van der Waals surface area contributed by atoms with Crippen molar-refractivity contribution in [3.8, 4) is 0 Å². The van der Waals surface area contributed by atoms with Crippen molar-refractivity contribution >= 4 is 34.7 Å². The molecule has 2 heterocycles. The molecule has 0 aliphatic carbocycles. The van der Waals surface area contributed by atoms with Crippen LogP contribution in [0.3, 0.4) is 0 Å². The number of para-hydroxylation sites is 1. The normalized spacial score (nSPS) is 14.3. The first-order valence-electron chi connectivity index (χ1n) is 8.66. The smallest absolute Gasteiger partial charge is 0.247 e. The van der Waals surface area contributed by atoms with E-state index in [1.54, 1.807) is 30.5 Å². The Kier molecular flexibility index (Phi) is 5.02. The zero-order valence-electron chi connectivity index (χ0n) is 14.5. The summed E-state index contributed by atoms with van der Waals surface area (Å²) in [6.07, 6.45) is 1.58. The lowest BCUT2D eigenvalue weighted by molar-refractivity contribution is 0.592. The first-order valence-corrected chi connectivity index (χ1v) is 9.03. The van der Waals surface area contributed by atoms with E-state index >= 15 is 0 Å². The Balaban J connectivity index is 1.42. The number of hydrogen-bond acceptors (Lipinski definition) is 6. The highest BCUT2D eigenvalue weighted by atomic mass is 35.5. The number of piperazine rings is 1. The van der Waals surface area contributed by atoms with Crippen molar-refractivity contribution in [2.24, 2.45) is 0 Å². The predicted octanol–water partition coefficient (Wildman–Crippen LogP) is 3.73. The number of hydrogen-bond donors (Lipinski definition) is 1. The van der Waals surface area contributed by atoms with Gasteiger partial charge in [0.15, 0.2) is 5.82 Å². The molecule has 27 heavy (non-hydrogen) atoms. The molecule has 0 atom stereocenters. The fourth-order valence-electron chi connectivity index (χ4n) is 3.02. The Labute approximate surface area is 161 Å². The van der Waals surface area contributed by atoms with Crippen LogP contribution in [-0.4, -0.2) is 41.4 Å². The molecule has 138 valence electrons. The van der Waals surface area contributed by atoms with Crippen molar-refractivity contribution in [3.63, 3.8) is 0 Å². The van der Waals surface area contributed by atoms with Gasteiger partial charge in [0.1, 0.15) is 5.82 Å². The summed E-state index contributed by atoms with van der Waals surface area (Å²) in [7, 11) is 0. The molecule has 3 aromatic rings. The molecule has 0 radical (unpaired) electrons. The number of anilines is 4. The van der Waals surface area contributed by atoms with Crippen LogP contribution in [0.15, 0.2) is 54.7 Å². The molecule has 1 aliphatic heterocycles. The highest BCUT2D eigenvalue weighted by Crippen LogP contribution is 2.22. The van der Waals surface area contributed by atoms with Crippen LogP contribution in [0.5, 0.6) is 0 Å². The van der Waals surface area contributed by atoms with E-state index in [0.717, 1.165) is 5.69 Å². The lowest BCUT2D eigenvalue weighted by Crippen LogP contribution is -2.47. The molecule has 2 aromatic carbocycles. The molecule has 0 unspecified atom stereocenters. The third-order valence-electron chi connectivity index (χ3n) is 4.42. The Morgan fingerprint density at radius 3 is 2.37 bits per heavy atom. The van der Waals surface area contributed by atoms with Gasteiger partial charge in [-0.05, 0) is 36.4 Å². The second kappa shape index (κ2) is 7.75. The van der Waals surface area contributed by atoms with Gasteiger partial charge in [0.05, 0.1) is 11.9 Å². The van der Waals surface area contributed by atoms with Gasteiger partial charge in [-0.1, -0.05) is 23.7 Å². The van der Waals surface area contributed by atoms with E-state index in [2.05, 4.69) is 25.4 Å². The van der Waals surface area contributed by atoms with Gasteiger partial charge in [-0.15, -0.1) is 5.10 Å². The highest BCUT2D eigenvalue weighted by molar-refractivity contribution is 6.30. The summed E-state index contributed by atoms with van der Waals surface area (Å²) >= 11 is 5.91. The largest absolute Gasteiger partial charge is 0.366 e. The minimum absolute atomic E-state index is 0.196. The Hall–Kier alpha value is -2.93. The molecular weight excluding hydrogens is 367 g/mol. The minimum atomic E-state index is -0.196. The van der Waals surface area contributed by atoms with E-state index in [9.17, 15) is 4.39 Å². The third kappa shape index (κ3) is 4.09. The van der Waals surface area contributed by atoms with Gasteiger partial charge in [-0.25, -0.2) is 4.39 Å². The maximum Gasteiger partial charge on any atom is 0.247 e. The molecule has 1 fully saturated rings. The Morgan fingerprint density at radius 2 is 1.63 bits per heavy atom. The van der Waals surface area contributed by atoms with Gasteiger partial charge in [0.2, 0.25) is 5.95 Å². The number of aromatic nitrogens is 3. The lowest BCUT2D eigenvalue weighted by Gasteiger charge is -2.36. The van der Waals surface area contributed by atoms with Crippen LogP contribution in [-0.2, 0) is 0 Å². The molecular formula is C19H18ClFN6. The molecule has 8 heteroatoms. The standard InChI is InChI=1S/C19H18ClFN6/c20-14-5-7-15(8-6-14)23-18-13-22-25-19(24-18)27-11-9-26(10-12-27)17-4-2-1-3-16(17)21/h1-8,13H,9-12H2,(H,23,24,25). The van der Waals surface area contributed by atoms with Crippen molar-refractivity contribution in [1.82, 2.24) is 15.2 Å². The maximum absolute atomic E-state index is 14.0. The first kappa shape index (κ1) is 17.5. The Bertz CT molecular complexity index is 912. The molecule has 1 aromatic heterocycles. The van der Waals surface area contributed by atoms with Crippen LogP contribution in [0.1, 0.15) is 0 Å². The van der Waals surface area contributed by atoms with E-state index in [1.807, 2.05) is 23.1 Å². The van der Waals surface area contributed by atoms with E-state index < -0.39 is 0 Å². The first-order chi connectivity index (χ1) is 13.2. The van der Waals surface area contributed by atoms with E-state index in [1.165, 1.54) is 6.07 Å². The summed E-state index contributed by atoms with van der Waals surface area (Å²) < 4.78 is 14.0. The molecule has 1 saturated heterocycles. The highest BCUT2D eigenvalue weighted by Gasteiger charge is 2.21. The quantitative estimate of drug-likeness (QED) is 0.739. The summed E-state index contributed by atoms with van der Waals surface area (Å²) in [4.78, 5) is 8.63. The SMILES string of the molecule is Fc1ccccc1N1CCN(c2nncc(Nc3ccc(Cl)cc3)n2)CC1. The van der Waals surface area contributed by atoms with E-state index in [-0.39, 0.29) is 5.82 Å². The van der Waals surface area contributed by atoms with Crippen molar-refractivity contribution in [3.05, 3.63) is 65.6 Å². The van der Waals surface area contributed by atoms with Crippen molar-refractivity contribution in [2.75, 3.05) is 41.3 Å². The van der Waals surface area contributed by atoms with Gasteiger partial charge < -0.3 is 15.1 Å². The zero-order valence-corrected chi connectivity index (χ0v) is 15.3. The maximum atomic E-state index is 14.0. The minimum Gasteiger partial charge on any atom is -0.366 e. The zero-order chi connectivity index (χ0) is 18.6. The van der Waals surface area contributed by atoms with Crippen molar-refractivity contribution < 1.29 is 4.39 Å².